The summed E-state index contributed by atoms with van der Waals surface area (Å²) < 4.78 is 13.5. The van der Waals surface area contributed by atoms with Crippen molar-refractivity contribution in [1.29, 1.82) is 0 Å². The molecule has 0 fully saturated rings. The fraction of sp³-hybridized carbons (Fsp3) is 0.500. The molecule has 1 unspecified atom stereocenters. The number of benzene rings is 1. The van der Waals surface area contributed by atoms with Crippen LogP contribution in [0.25, 0.3) is 0 Å². The standard InChI is InChI=1S/C12H16ClFO/c1-3-12(2,8-15)7-9-4-5-10(13)6-11(9)14/h4-6,15H,3,7-8H2,1-2H3. The van der Waals surface area contributed by atoms with Gasteiger partial charge in [0.1, 0.15) is 5.82 Å². The molecule has 0 radical (unpaired) electrons. The monoisotopic (exact) mass is 230 g/mol. The summed E-state index contributed by atoms with van der Waals surface area (Å²) >= 11 is 5.67. The first-order valence-electron chi connectivity index (χ1n) is 5.05. The molecule has 1 N–H and O–H groups in total. The molecule has 1 rings (SSSR count). The van der Waals surface area contributed by atoms with Crippen molar-refractivity contribution in [3.05, 3.63) is 34.6 Å². The van der Waals surface area contributed by atoms with Crippen LogP contribution in [-0.4, -0.2) is 11.7 Å². The molecule has 3 heteroatoms. The number of hydrogen-bond donors (Lipinski definition) is 1. The van der Waals surface area contributed by atoms with Gasteiger partial charge in [-0.3, -0.25) is 0 Å². The molecule has 0 heterocycles. The van der Waals surface area contributed by atoms with Crippen molar-refractivity contribution in [2.24, 2.45) is 5.41 Å². The van der Waals surface area contributed by atoms with Gasteiger partial charge in [0.05, 0.1) is 0 Å². The molecule has 0 aliphatic rings. The minimum absolute atomic E-state index is 0.0611. The van der Waals surface area contributed by atoms with Crippen LogP contribution in [0.2, 0.25) is 5.02 Å². The third-order valence-electron chi connectivity index (χ3n) is 2.87. The van der Waals surface area contributed by atoms with Gasteiger partial charge in [-0.05, 0) is 36.0 Å². The quantitative estimate of drug-likeness (QED) is 0.840. The van der Waals surface area contributed by atoms with E-state index in [-0.39, 0.29) is 17.8 Å². The minimum Gasteiger partial charge on any atom is -0.396 e. The minimum atomic E-state index is -0.296. The lowest BCUT2D eigenvalue weighted by atomic mass is 9.82. The topological polar surface area (TPSA) is 20.2 Å². The van der Waals surface area contributed by atoms with Gasteiger partial charge in [0.2, 0.25) is 0 Å². The highest BCUT2D eigenvalue weighted by Gasteiger charge is 2.22. The fourth-order valence-electron chi connectivity index (χ4n) is 1.42. The molecule has 0 bridgehead atoms. The molecular formula is C12H16ClFO. The molecule has 0 aromatic heterocycles. The Labute approximate surface area is 94.9 Å². The first-order valence-corrected chi connectivity index (χ1v) is 5.43. The SMILES string of the molecule is CCC(C)(CO)Cc1ccc(Cl)cc1F. The van der Waals surface area contributed by atoms with Crippen LogP contribution in [-0.2, 0) is 6.42 Å². The van der Waals surface area contributed by atoms with E-state index in [0.717, 1.165) is 6.42 Å². The Morgan fingerprint density at radius 2 is 2.13 bits per heavy atom. The van der Waals surface area contributed by atoms with Crippen LogP contribution < -0.4 is 0 Å². The maximum atomic E-state index is 13.5. The van der Waals surface area contributed by atoms with Crippen molar-refractivity contribution in [1.82, 2.24) is 0 Å². The zero-order valence-electron chi connectivity index (χ0n) is 9.06. The molecule has 0 saturated carbocycles. The van der Waals surface area contributed by atoms with E-state index in [1.807, 2.05) is 13.8 Å². The lowest BCUT2D eigenvalue weighted by Gasteiger charge is -2.25. The molecule has 0 spiro atoms. The zero-order valence-corrected chi connectivity index (χ0v) is 9.81. The number of hydrogen-bond acceptors (Lipinski definition) is 1. The van der Waals surface area contributed by atoms with Gasteiger partial charge in [0.15, 0.2) is 0 Å². The zero-order chi connectivity index (χ0) is 11.5. The van der Waals surface area contributed by atoms with Crippen molar-refractivity contribution in [2.75, 3.05) is 6.61 Å². The molecule has 84 valence electrons. The van der Waals surface area contributed by atoms with Crippen LogP contribution in [0.5, 0.6) is 0 Å². The van der Waals surface area contributed by atoms with Crippen molar-refractivity contribution in [3.8, 4) is 0 Å². The Morgan fingerprint density at radius 3 is 2.60 bits per heavy atom. The van der Waals surface area contributed by atoms with Crippen LogP contribution in [0.4, 0.5) is 4.39 Å². The summed E-state index contributed by atoms with van der Waals surface area (Å²) in [4.78, 5) is 0. The van der Waals surface area contributed by atoms with Crippen LogP contribution in [0, 0.1) is 11.2 Å². The van der Waals surface area contributed by atoms with E-state index in [2.05, 4.69) is 0 Å². The van der Waals surface area contributed by atoms with Crippen molar-refractivity contribution < 1.29 is 9.50 Å². The smallest absolute Gasteiger partial charge is 0.127 e. The van der Waals surface area contributed by atoms with E-state index in [9.17, 15) is 9.50 Å². The molecule has 1 aromatic carbocycles. The fourth-order valence-corrected chi connectivity index (χ4v) is 1.58. The molecule has 0 amide bonds. The summed E-state index contributed by atoms with van der Waals surface area (Å²) in [6.07, 6.45) is 1.34. The Balaban J connectivity index is 2.89. The highest BCUT2D eigenvalue weighted by molar-refractivity contribution is 6.30. The maximum Gasteiger partial charge on any atom is 0.127 e. The number of aliphatic hydroxyl groups is 1. The van der Waals surface area contributed by atoms with Gasteiger partial charge in [-0.25, -0.2) is 4.39 Å². The average Bonchev–Trinajstić information content (AvgIpc) is 2.22. The molecule has 1 nitrogen and oxygen atoms in total. The second kappa shape index (κ2) is 4.95. The number of halogens is 2. The van der Waals surface area contributed by atoms with Crippen LogP contribution in [0.1, 0.15) is 25.8 Å². The summed E-state index contributed by atoms with van der Waals surface area (Å²) in [6, 6.07) is 4.67. The largest absolute Gasteiger partial charge is 0.396 e. The van der Waals surface area contributed by atoms with E-state index >= 15 is 0 Å². The van der Waals surface area contributed by atoms with Gasteiger partial charge in [-0.15, -0.1) is 0 Å². The normalized spacial score (nSPS) is 15.0. The molecule has 0 aliphatic heterocycles. The van der Waals surface area contributed by atoms with Gasteiger partial charge in [0, 0.05) is 11.6 Å². The molecule has 0 saturated heterocycles. The highest BCUT2D eigenvalue weighted by Crippen LogP contribution is 2.27. The van der Waals surface area contributed by atoms with E-state index in [4.69, 9.17) is 11.6 Å². The van der Waals surface area contributed by atoms with Gasteiger partial charge >= 0.3 is 0 Å². The van der Waals surface area contributed by atoms with E-state index in [1.54, 1.807) is 12.1 Å². The average molecular weight is 231 g/mol. The molecule has 0 aliphatic carbocycles. The lowest BCUT2D eigenvalue weighted by molar-refractivity contribution is 0.137. The van der Waals surface area contributed by atoms with E-state index < -0.39 is 0 Å². The predicted octanol–water partition coefficient (Wildman–Crippen LogP) is 3.43. The Hall–Kier alpha value is -0.600. The Bertz CT molecular complexity index is 334. The summed E-state index contributed by atoms with van der Waals surface area (Å²) in [5.74, 6) is -0.296. The van der Waals surface area contributed by atoms with Gasteiger partial charge in [0.25, 0.3) is 0 Å². The number of aliphatic hydroxyl groups excluding tert-OH is 1. The van der Waals surface area contributed by atoms with Crippen molar-refractivity contribution in [2.45, 2.75) is 26.7 Å². The van der Waals surface area contributed by atoms with Crippen LogP contribution in [0.15, 0.2) is 18.2 Å². The Morgan fingerprint density at radius 1 is 1.47 bits per heavy atom. The maximum absolute atomic E-state index is 13.5. The molecule has 1 aromatic rings. The van der Waals surface area contributed by atoms with Gasteiger partial charge < -0.3 is 5.11 Å². The lowest BCUT2D eigenvalue weighted by Crippen LogP contribution is -2.23. The highest BCUT2D eigenvalue weighted by atomic mass is 35.5. The molecule has 15 heavy (non-hydrogen) atoms. The second-order valence-electron chi connectivity index (χ2n) is 4.23. The van der Waals surface area contributed by atoms with E-state index in [1.165, 1.54) is 6.07 Å². The first-order chi connectivity index (χ1) is 7.00. The van der Waals surface area contributed by atoms with Crippen molar-refractivity contribution in [3.63, 3.8) is 0 Å². The van der Waals surface area contributed by atoms with Crippen molar-refractivity contribution >= 4 is 11.6 Å². The van der Waals surface area contributed by atoms with Crippen LogP contribution in [0.3, 0.4) is 0 Å². The first kappa shape index (κ1) is 12.5. The summed E-state index contributed by atoms with van der Waals surface area (Å²) in [6.45, 7) is 4.00. The summed E-state index contributed by atoms with van der Waals surface area (Å²) in [7, 11) is 0. The van der Waals surface area contributed by atoms with Gasteiger partial charge in [-0.1, -0.05) is 31.5 Å². The third kappa shape index (κ3) is 3.18. The van der Waals surface area contributed by atoms with Crippen LogP contribution >= 0.6 is 11.6 Å². The molecule has 1 atom stereocenters. The predicted molar refractivity (Wildman–Crippen MR) is 60.6 cm³/mol. The summed E-state index contributed by atoms with van der Waals surface area (Å²) in [5.41, 5.74) is 0.354. The molecular weight excluding hydrogens is 215 g/mol. The third-order valence-corrected chi connectivity index (χ3v) is 3.10. The Kier molecular flexibility index (Phi) is 4.12. The number of rotatable bonds is 4. The summed E-state index contributed by atoms with van der Waals surface area (Å²) in [5, 5.41) is 9.64. The van der Waals surface area contributed by atoms with Gasteiger partial charge in [-0.2, -0.15) is 0 Å². The van der Waals surface area contributed by atoms with E-state index in [0.29, 0.717) is 17.0 Å². The second-order valence-corrected chi connectivity index (χ2v) is 4.67.